The molecule has 0 heterocycles. The van der Waals surface area contributed by atoms with Crippen molar-refractivity contribution in [2.75, 3.05) is 18.1 Å². The van der Waals surface area contributed by atoms with Crippen LogP contribution in [0.5, 0.6) is 11.5 Å². The van der Waals surface area contributed by atoms with Crippen molar-refractivity contribution in [3.63, 3.8) is 0 Å². The van der Waals surface area contributed by atoms with Gasteiger partial charge in [0.1, 0.15) is 11.5 Å². The van der Waals surface area contributed by atoms with Crippen LogP contribution in [-0.4, -0.2) is 13.2 Å². The smallest absolute Gasteiger partial charge is 0.119 e. The van der Waals surface area contributed by atoms with E-state index < -0.39 is 0 Å². The van der Waals surface area contributed by atoms with Gasteiger partial charge in [0.2, 0.25) is 0 Å². The molecule has 5 rings (SSSR count). The first-order valence-electron chi connectivity index (χ1n) is 20.2. The fourth-order valence-corrected chi connectivity index (χ4v) is 6.02. The molecule has 0 amide bonds. The summed E-state index contributed by atoms with van der Waals surface area (Å²) in [6.45, 7) is 5.96. The summed E-state index contributed by atoms with van der Waals surface area (Å²) < 4.78 is 11.7. The first-order chi connectivity index (χ1) is 28.1. The van der Waals surface area contributed by atoms with Crippen LogP contribution < -0.4 is 14.4 Å². The van der Waals surface area contributed by atoms with Crippen molar-refractivity contribution in [1.29, 1.82) is 0 Å². The van der Waals surface area contributed by atoms with Crippen LogP contribution in [0, 0.1) is 59.7 Å². The first-order valence-corrected chi connectivity index (χ1v) is 20.2. The Morgan fingerprint density at radius 1 is 0.397 bits per heavy atom. The fraction of sp³-hybridized carbons (Fsp3) is 0.259. The number of nitrogens with zero attached hydrogens (tertiary/aromatic N) is 1. The van der Waals surface area contributed by atoms with Gasteiger partial charge in [0.25, 0.3) is 0 Å². The number of anilines is 3. The summed E-state index contributed by atoms with van der Waals surface area (Å²) in [4.78, 5) is 2.17. The standard InChI is InChI=1S/C54H51NO2.HI/c1-4-7-9-11-17-43-56-53-39-29-48(30-40-53)21-15-13-19-46-25-35-51(36-26-46)55(50-33-23-45(6-3)24-34-50)52-37-27-47(28-38-52)20-14-16-22-49-31-41-54(42-32-49)57-44-18-12-10-8-5-2;/h3,23-42H,4-5,7-12,17-18,43-44H2,1-2H3;1H. The minimum atomic E-state index is 0. The summed E-state index contributed by atoms with van der Waals surface area (Å²) in [5, 5.41) is 0. The summed E-state index contributed by atoms with van der Waals surface area (Å²) in [6.07, 6.45) is 17.9. The lowest BCUT2D eigenvalue weighted by Crippen LogP contribution is -2.09. The van der Waals surface area contributed by atoms with Crippen LogP contribution in [0.3, 0.4) is 0 Å². The molecule has 0 saturated carbocycles. The third-order valence-corrected chi connectivity index (χ3v) is 9.24. The van der Waals surface area contributed by atoms with Crippen LogP contribution >= 0.6 is 24.0 Å². The van der Waals surface area contributed by atoms with Gasteiger partial charge in [0.05, 0.1) is 13.2 Å². The Hall–Kier alpha value is -5.97. The molecular formula is C54H52INO2. The van der Waals surface area contributed by atoms with E-state index in [1.165, 1.54) is 51.4 Å². The van der Waals surface area contributed by atoms with Gasteiger partial charge >= 0.3 is 0 Å². The topological polar surface area (TPSA) is 21.7 Å². The lowest BCUT2D eigenvalue weighted by Gasteiger charge is -2.25. The van der Waals surface area contributed by atoms with Gasteiger partial charge in [-0.2, -0.15) is 0 Å². The Morgan fingerprint density at radius 2 is 0.690 bits per heavy atom. The summed E-state index contributed by atoms with van der Waals surface area (Å²) in [6, 6.07) is 40.0. The zero-order valence-electron chi connectivity index (χ0n) is 33.8. The molecule has 0 radical (unpaired) electrons. The van der Waals surface area contributed by atoms with E-state index in [1.807, 2.05) is 97.1 Å². The molecule has 0 aliphatic carbocycles. The van der Waals surface area contributed by atoms with E-state index in [0.717, 1.165) is 82.4 Å². The number of ether oxygens (including phenoxy) is 2. The van der Waals surface area contributed by atoms with E-state index in [2.05, 4.69) is 96.3 Å². The second-order valence-electron chi connectivity index (χ2n) is 13.7. The van der Waals surface area contributed by atoms with Gasteiger partial charge in [-0.15, -0.1) is 30.4 Å². The highest BCUT2D eigenvalue weighted by Crippen LogP contribution is 2.34. The van der Waals surface area contributed by atoms with Crippen molar-refractivity contribution in [3.05, 3.63) is 149 Å². The average molecular weight is 874 g/mol. The lowest BCUT2D eigenvalue weighted by molar-refractivity contribution is 0.304. The summed E-state index contributed by atoms with van der Waals surface area (Å²) in [5.41, 5.74) is 7.34. The maximum atomic E-state index is 5.87. The number of unbranched alkanes of at least 4 members (excludes halogenated alkanes) is 8. The van der Waals surface area contributed by atoms with Crippen molar-refractivity contribution in [3.8, 4) is 71.2 Å². The zero-order valence-corrected chi connectivity index (χ0v) is 36.1. The molecule has 0 aliphatic heterocycles. The molecule has 5 aromatic carbocycles. The second-order valence-corrected chi connectivity index (χ2v) is 13.7. The predicted molar refractivity (Wildman–Crippen MR) is 253 cm³/mol. The van der Waals surface area contributed by atoms with Gasteiger partial charge in [-0.1, -0.05) is 94.8 Å². The van der Waals surface area contributed by atoms with Gasteiger partial charge in [-0.25, -0.2) is 0 Å². The monoisotopic (exact) mass is 873 g/mol. The van der Waals surface area contributed by atoms with Crippen molar-refractivity contribution >= 4 is 41.0 Å². The molecule has 58 heavy (non-hydrogen) atoms. The third-order valence-electron chi connectivity index (χ3n) is 9.24. The fourth-order valence-electron chi connectivity index (χ4n) is 6.02. The van der Waals surface area contributed by atoms with Crippen LogP contribution in [0.15, 0.2) is 121 Å². The van der Waals surface area contributed by atoms with Gasteiger partial charge in [0.15, 0.2) is 0 Å². The highest BCUT2D eigenvalue weighted by molar-refractivity contribution is 14.0. The number of rotatable bonds is 17. The number of terminal acetylenes is 1. The summed E-state index contributed by atoms with van der Waals surface area (Å²) >= 11 is 0. The Labute approximate surface area is 365 Å². The maximum Gasteiger partial charge on any atom is 0.119 e. The highest BCUT2D eigenvalue weighted by atomic mass is 127. The Balaban J connectivity index is 0.00000744. The van der Waals surface area contributed by atoms with E-state index in [0.29, 0.717) is 0 Å². The largest absolute Gasteiger partial charge is 0.494 e. The molecule has 0 fully saturated rings. The van der Waals surface area contributed by atoms with Crippen LogP contribution in [0.25, 0.3) is 0 Å². The van der Waals surface area contributed by atoms with Crippen LogP contribution in [-0.2, 0) is 0 Å². The van der Waals surface area contributed by atoms with E-state index in [-0.39, 0.29) is 24.0 Å². The Bertz CT molecular complexity index is 2130. The normalized spacial score (nSPS) is 9.67. The molecule has 5 aromatic rings. The van der Waals surface area contributed by atoms with E-state index in [4.69, 9.17) is 15.9 Å². The van der Waals surface area contributed by atoms with E-state index in [1.54, 1.807) is 0 Å². The molecule has 4 heteroatoms. The van der Waals surface area contributed by atoms with Crippen molar-refractivity contribution in [2.24, 2.45) is 0 Å². The Morgan fingerprint density at radius 3 is 1.00 bits per heavy atom. The van der Waals surface area contributed by atoms with Crippen LogP contribution in [0.1, 0.15) is 106 Å². The minimum absolute atomic E-state index is 0. The molecule has 0 unspecified atom stereocenters. The number of halogens is 1. The van der Waals surface area contributed by atoms with Crippen LogP contribution in [0.2, 0.25) is 0 Å². The molecule has 292 valence electrons. The minimum Gasteiger partial charge on any atom is -0.494 e. The quantitative estimate of drug-likeness (QED) is 0.0528. The van der Waals surface area contributed by atoms with E-state index >= 15 is 0 Å². The van der Waals surface area contributed by atoms with Gasteiger partial charge < -0.3 is 14.4 Å². The first kappa shape index (κ1) is 44.7. The van der Waals surface area contributed by atoms with Crippen molar-refractivity contribution < 1.29 is 9.47 Å². The van der Waals surface area contributed by atoms with Crippen molar-refractivity contribution in [2.45, 2.75) is 78.1 Å². The molecule has 3 nitrogen and oxygen atoms in total. The molecule has 0 N–H and O–H groups in total. The molecule has 0 spiro atoms. The number of hydrogen-bond acceptors (Lipinski definition) is 3. The SMILES string of the molecule is C#Cc1ccc(N(c2ccc(C#CC#Cc3ccc(OCCCCCCC)cc3)cc2)c2ccc(C#CC#Cc3ccc(OCCCCCCC)cc3)cc2)cc1.I. The van der Waals surface area contributed by atoms with Gasteiger partial charge in [0, 0.05) is 44.9 Å². The molecule has 0 bridgehead atoms. The number of hydrogen-bond donors (Lipinski definition) is 0. The van der Waals surface area contributed by atoms with E-state index in [9.17, 15) is 0 Å². The van der Waals surface area contributed by atoms with Crippen molar-refractivity contribution in [1.82, 2.24) is 0 Å². The molecule has 0 aromatic heterocycles. The molecule has 0 saturated heterocycles. The third kappa shape index (κ3) is 15.5. The van der Waals surface area contributed by atoms with Crippen LogP contribution in [0.4, 0.5) is 17.1 Å². The molecule has 0 aliphatic rings. The summed E-state index contributed by atoms with van der Waals surface area (Å²) in [7, 11) is 0. The maximum absolute atomic E-state index is 5.87. The van der Waals surface area contributed by atoms with Gasteiger partial charge in [-0.3, -0.25) is 0 Å². The molecule has 0 atom stereocenters. The average Bonchev–Trinajstić information content (AvgIpc) is 3.26. The second kappa shape index (κ2) is 26.0. The zero-order chi connectivity index (χ0) is 39.8. The predicted octanol–water partition coefficient (Wildman–Crippen LogP) is 13.3. The Kier molecular flexibility index (Phi) is 20.1. The highest BCUT2D eigenvalue weighted by Gasteiger charge is 2.12. The summed E-state index contributed by atoms with van der Waals surface area (Å²) in [5.74, 6) is 29.0. The molecular weight excluding hydrogens is 822 g/mol. The number of benzene rings is 5. The lowest BCUT2D eigenvalue weighted by atomic mass is 10.1. The van der Waals surface area contributed by atoms with Gasteiger partial charge in [-0.05, 0) is 158 Å².